The Morgan fingerprint density at radius 2 is 2.06 bits per heavy atom. The van der Waals surface area contributed by atoms with Gasteiger partial charge in [-0.3, -0.25) is 0 Å². The second-order valence-electron chi connectivity index (χ2n) is 3.31. The van der Waals surface area contributed by atoms with Gasteiger partial charge in [-0.15, -0.1) is 5.10 Å². The molecular weight excluding hydrogens is 204 g/mol. The van der Waals surface area contributed by atoms with Gasteiger partial charge in [-0.25, -0.2) is 4.98 Å². The number of hydrogen-bond donors (Lipinski definition) is 2. The van der Waals surface area contributed by atoms with E-state index in [0.29, 0.717) is 30.0 Å². The lowest BCUT2D eigenvalue weighted by molar-refractivity contribution is 0.477. The summed E-state index contributed by atoms with van der Waals surface area (Å²) in [6.45, 7) is 0.478. The minimum absolute atomic E-state index is 0.182. The van der Waals surface area contributed by atoms with Gasteiger partial charge in [0, 0.05) is 12.0 Å². The van der Waals surface area contributed by atoms with Gasteiger partial charge in [0.15, 0.2) is 5.82 Å². The van der Waals surface area contributed by atoms with E-state index in [0.717, 1.165) is 0 Å². The number of phenols is 1. The normalized spacial score (nSPS) is 10.3. The molecule has 0 aliphatic rings. The quantitative estimate of drug-likeness (QED) is 0.790. The van der Waals surface area contributed by atoms with E-state index >= 15 is 0 Å². The molecule has 1 aromatic heterocycles. The van der Waals surface area contributed by atoms with Crippen molar-refractivity contribution in [1.29, 1.82) is 0 Å². The number of para-hydroxylation sites is 1. The predicted molar refractivity (Wildman–Crippen MR) is 59.7 cm³/mol. The lowest BCUT2D eigenvalue weighted by Crippen LogP contribution is -2.07. The molecule has 2 rings (SSSR count). The smallest absolute Gasteiger partial charge is 0.152 e. The van der Waals surface area contributed by atoms with E-state index in [1.807, 2.05) is 6.07 Å². The van der Waals surface area contributed by atoms with Crippen molar-refractivity contribution >= 4 is 0 Å². The van der Waals surface area contributed by atoms with Crippen molar-refractivity contribution in [3.05, 3.63) is 36.3 Å². The molecule has 0 fully saturated rings. The molecule has 0 spiro atoms. The molecule has 2 aromatic rings. The Hall–Kier alpha value is -2.01. The first-order valence-electron chi connectivity index (χ1n) is 4.98. The van der Waals surface area contributed by atoms with Crippen molar-refractivity contribution in [3.63, 3.8) is 0 Å². The maximum Gasteiger partial charge on any atom is 0.152 e. The van der Waals surface area contributed by atoms with E-state index in [4.69, 9.17) is 5.73 Å². The Morgan fingerprint density at radius 3 is 2.81 bits per heavy atom. The number of aromatic nitrogens is 3. The molecule has 0 amide bonds. The third-order valence-corrected chi connectivity index (χ3v) is 2.15. The Bertz CT molecular complexity index is 487. The summed E-state index contributed by atoms with van der Waals surface area (Å²) in [5.74, 6) is 0.768. The van der Waals surface area contributed by atoms with Crippen LogP contribution in [0.4, 0.5) is 0 Å². The molecule has 82 valence electrons. The minimum Gasteiger partial charge on any atom is -0.507 e. The van der Waals surface area contributed by atoms with Gasteiger partial charge in [0.1, 0.15) is 5.75 Å². The summed E-state index contributed by atoms with van der Waals surface area (Å²) in [7, 11) is 0. The van der Waals surface area contributed by atoms with Gasteiger partial charge < -0.3 is 10.8 Å². The van der Waals surface area contributed by atoms with Gasteiger partial charge in [0.05, 0.1) is 11.9 Å². The van der Waals surface area contributed by atoms with Crippen LogP contribution in [-0.4, -0.2) is 26.8 Å². The van der Waals surface area contributed by atoms with Gasteiger partial charge in [-0.1, -0.05) is 12.1 Å². The van der Waals surface area contributed by atoms with Crippen LogP contribution in [0.3, 0.4) is 0 Å². The molecule has 5 heteroatoms. The highest BCUT2D eigenvalue weighted by Gasteiger charge is 2.06. The number of rotatable bonds is 3. The molecule has 0 atom stereocenters. The number of hydrogen-bond acceptors (Lipinski definition) is 5. The summed E-state index contributed by atoms with van der Waals surface area (Å²) >= 11 is 0. The summed E-state index contributed by atoms with van der Waals surface area (Å²) in [5.41, 5.74) is 6.68. The first-order valence-corrected chi connectivity index (χ1v) is 4.98. The minimum atomic E-state index is 0.182. The third-order valence-electron chi connectivity index (χ3n) is 2.15. The average Bonchev–Trinajstić information content (AvgIpc) is 2.30. The molecule has 0 saturated heterocycles. The number of nitrogens with two attached hydrogens (primary N) is 1. The summed E-state index contributed by atoms with van der Waals surface area (Å²) in [6.07, 6.45) is 2.10. The van der Waals surface area contributed by atoms with Crippen LogP contribution in [0.25, 0.3) is 11.3 Å². The first kappa shape index (κ1) is 10.5. The van der Waals surface area contributed by atoms with Crippen LogP contribution in [0, 0.1) is 0 Å². The van der Waals surface area contributed by atoms with Crippen LogP contribution >= 0.6 is 0 Å². The summed E-state index contributed by atoms with van der Waals surface area (Å²) in [5, 5.41) is 17.4. The van der Waals surface area contributed by atoms with Gasteiger partial charge in [-0.2, -0.15) is 5.10 Å². The van der Waals surface area contributed by atoms with Gasteiger partial charge in [-0.05, 0) is 18.7 Å². The Morgan fingerprint density at radius 1 is 1.25 bits per heavy atom. The second-order valence-corrected chi connectivity index (χ2v) is 3.31. The van der Waals surface area contributed by atoms with Crippen molar-refractivity contribution < 1.29 is 5.11 Å². The number of aromatic hydroxyl groups is 1. The van der Waals surface area contributed by atoms with Crippen molar-refractivity contribution in [3.8, 4) is 17.0 Å². The standard InChI is InChI=1S/C11H12N4O/c12-6-5-11-14-9(7-13-15-11)8-3-1-2-4-10(8)16/h1-4,7,16H,5-6,12H2. The maximum atomic E-state index is 9.67. The fourth-order valence-corrected chi connectivity index (χ4v) is 1.40. The first-order chi connectivity index (χ1) is 7.81. The largest absolute Gasteiger partial charge is 0.507 e. The number of phenolic OH excluding ortho intramolecular Hbond substituents is 1. The zero-order valence-corrected chi connectivity index (χ0v) is 8.67. The summed E-state index contributed by atoms with van der Waals surface area (Å²) in [4.78, 5) is 4.28. The molecule has 5 nitrogen and oxygen atoms in total. The molecule has 0 saturated carbocycles. The van der Waals surface area contributed by atoms with Crippen LogP contribution in [0.5, 0.6) is 5.75 Å². The zero-order valence-electron chi connectivity index (χ0n) is 8.67. The van der Waals surface area contributed by atoms with Crippen LogP contribution < -0.4 is 5.73 Å². The SMILES string of the molecule is NCCc1nncc(-c2ccccc2O)n1. The van der Waals surface area contributed by atoms with E-state index in [9.17, 15) is 5.11 Å². The van der Waals surface area contributed by atoms with E-state index in [1.165, 1.54) is 6.20 Å². The van der Waals surface area contributed by atoms with Crippen molar-refractivity contribution in [1.82, 2.24) is 15.2 Å². The van der Waals surface area contributed by atoms with E-state index < -0.39 is 0 Å². The van der Waals surface area contributed by atoms with Gasteiger partial charge >= 0.3 is 0 Å². The Kier molecular flexibility index (Phi) is 3.07. The van der Waals surface area contributed by atoms with Crippen LogP contribution in [-0.2, 0) is 6.42 Å². The molecule has 16 heavy (non-hydrogen) atoms. The molecular formula is C11H12N4O. The van der Waals surface area contributed by atoms with Crippen LogP contribution in [0.2, 0.25) is 0 Å². The van der Waals surface area contributed by atoms with E-state index in [2.05, 4.69) is 15.2 Å². The van der Waals surface area contributed by atoms with E-state index in [-0.39, 0.29) is 5.75 Å². The molecule has 0 bridgehead atoms. The molecule has 0 unspecified atom stereocenters. The monoisotopic (exact) mass is 216 g/mol. The van der Waals surface area contributed by atoms with Crippen LogP contribution in [0.15, 0.2) is 30.5 Å². The molecule has 0 aliphatic heterocycles. The van der Waals surface area contributed by atoms with Crippen molar-refractivity contribution in [2.75, 3.05) is 6.54 Å². The van der Waals surface area contributed by atoms with Crippen molar-refractivity contribution in [2.24, 2.45) is 5.73 Å². The van der Waals surface area contributed by atoms with Gasteiger partial charge in [0.25, 0.3) is 0 Å². The number of benzene rings is 1. The fraction of sp³-hybridized carbons (Fsp3) is 0.182. The van der Waals surface area contributed by atoms with E-state index in [1.54, 1.807) is 18.2 Å². The average molecular weight is 216 g/mol. The predicted octanol–water partition coefficient (Wildman–Crippen LogP) is 0.745. The lowest BCUT2D eigenvalue weighted by atomic mass is 10.1. The third kappa shape index (κ3) is 2.14. The molecule has 1 heterocycles. The summed E-state index contributed by atoms with van der Waals surface area (Å²) in [6, 6.07) is 6.99. The zero-order chi connectivity index (χ0) is 11.4. The van der Waals surface area contributed by atoms with Crippen LogP contribution in [0.1, 0.15) is 5.82 Å². The highest BCUT2D eigenvalue weighted by Crippen LogP contribution is 2.25. The molecule has 0 aliphatic carbocycles. The topological polar surface area (TPSA) is 84.9 Å². The number of nitrogens with zero attached hydrogens (tertiary/aromatic N) is 3. The molecule has 3 N–H and O–H groups in total. The second kappa shape index (κ2) is 4.67. The molecule has 0 radical (unpaired) electrons. The Labute approximate surface area is 93.0 Å². The fourth-order valence-electron chi connectivity index (χ4n) is 1.40. The van der Waals surface area contributed by atoms with Crippen molar-refractivity contribution in [2.45, 2.75) is 6.42 Å². The molecule has 1 aromatic carbocycles. The van der Waals surface area contributed by atoms with Gasteiger partial charge in [0.2, 0.25) is 0 Å². The maximum absolute atomic E-state index is 9.67. The Balaban J connectivity index is 2.40. The highest BCUT2D eigenvalue weighted by molar-refractivity contribution is 5.65. The lowest BCUT2D eigenvalue weighted by Gasteiger charge is -2.03. The summed E-state index contributed by atoms with van der Waals surface area (Å²) < 4.78 is 0. The highest BCUT2D eigenvalue weighted by atomic mass is 16.3.